The van der Waals surface area contributed by atoms with Gasteiger partial charge in [-0.25, -0.2) is 0 Å². The Balaban J connectivity index is 1.60. The Labute approximate surface area is 154 Å². The smallest absolute Gasteiger partial charge is 0.251 e. The van der Waals surface area contributed by atoms with Gasteiger partial charge in [-0.2, -0.15) is 0 Å². The number of hydrogen-bond donors (Lipinski definition) is 1. The van der Waals surface area contributed by atoms with Crippen LogP contribution in [0.5, 0.6) is 0 Å². The van der Waals surface area contributed by atoms with Crippen molar-refractivity contribution >= 4 is 17.5 Å². The number of benzene rings is 2. The van der Waals surface area contributed by atoms with Crippen LogP contribution in [0.2, 0.25) is 0 Å². The molecule has 1 fully saturated rings. The highest BCUT2D eigenvalue weighted by atomic mass is 16.5. The molecule has 1 saturated heterocycles. The van der Waals surface area contributed by atoms with Crippen molar-refractivity contribution in [2.75, 3.05) is 25.1 Å². The monoisotopic (exact) mass is 352 g/mol. The molecule has 2 amide bonds. The fraction of sp³-hybridized carbons (Fsp3) is 0.333. The maximum absolute atomic E-state index is 12.4. The van der Waals surface area contributed by atoms with E-state index in [-0.39, 0.29) is 17.9 Å². The Morgan fingerprint density at radius 2 is 1.85 bits per heavy atom. The first-order valence-corrected chi connectivity index (χ1v) is 8.95. The van der Waals surface area contributed by atoms with E-state index in [1.54, 1.807) is 24.1 Å². The highest BCUT2D eigenvalue weighted by Gasteiger charge is 2.20. The van der Waals surface area contributed by atoms with Gasteiger partial charge in [0.1, 0.15) is 0 Å². The Bertz CT molecular complexity index is 744. The maximum Gasteiger partial charge on any atom is 0.251 e. The van der Waals surface area contributed by atoms with Crippen LogP contribution in [0, 0.1) is 0 Å². The van der Waals surface area contributed by atoms with E-state index in [1.807, 2.05) is 42.5 Å². The zero-order valence-corrected chi connectivity index (χ0v) is 15.0. The van der Waals surface area contributed by atoms with Crippen LogP contribution >= 0.6 is 0 Å². The second-order valence-corrected chi connectivity index (χ2v) is 6.39. The molecule has 1 aliphatic rings. The van der Waals surface area contributed by atoms with E-state index in [9.17, 15) is 9.59 Å². The van der Waals surface area contributed by atoms with Gasteiger partial charge >= 0.3 is 0 Å². The predicted molar refractivity (Wildman–Crippen MR) is 101 cm³/mol. The first-order chi connectivity index (χ1) is 12.7. The van der Waals surface area contributed by atoms with Gasteiger partial charge in [0.05, 0.1) is 6.10 Å². The SMILES string of the molecule is COC(CNC(=O)c1ccc(N2CCCCC2=O)cc1)c1ccccc1. The summed E-state index contributed by atoms with van der Waals surface area (Å²) in [7, 11) is 1.63. The van der Waals surface area contributed by atoms with Gasteiger partial charge in [0.15, 0.2) is 0 Å². The summed E-state index contributed by atoms with van der Waals surface area (Å²) in [5, 5.41) is 2.91. The summed E-state index contributed by atoms with van der Waals surface area (Å²) in [6.45, 7) is 1.14. The van der Waals surface area contributed by atoms with Gasteiger partial charge in [0.25, 0.3) is 5.91 Å². The van der Waals surface area contributed by atoms with Gasteiger partial charge < -0.3 is 15.0 Å². The van der Waals surface area contributed by atoms with Crippen molar-refractivity contribution in [3.63, 3.8) is 0 Å². The molecular weight excluding hydrogens is 328 g/mol. The van der Waals surface area contributed by atoms with Crippen molar-refractivity contribution in [1.29, 1.82) is 0 Å². The van der Waals surface area contributed by atoms with Crippen molar-refractivity contribution in [2.24, 2.45) is 0 Å². The number of methoxy groups -OCH3 is 1. The summed E-state index contributed by atoms with van der Waals surface area (Å²) in [4.78, 5) is 26.2. The van der Waals surface area contributed by atoms with Gasteiger partial charge in [-0.3, -0.25) is 9.59 Å². The molecule has 1 aliphatic heterocycles. The number of carbonyl (C=O) groups excluding carboxylic acids is 2. The number of carbonyl (C=O) groups is 2. The van der Waals surface area contributed by atoms with Crippen LogP contribution < -0.4 is 10.2 Å². The van der Waals surface area contributed by atoms with Crippen molar-refractivity contribution in [2.45, 2.75) is 25.4 Å². The fourth-order valence-corrected chi connectivity index (χ4v) is 3.16. The molecule has 2 aromatic rings. The topological polar surface area (TPSA) is 58.6 Å². The zero-order chi connectivity index (χ0) is 18.4. The number of hydrogen-bond acceptors (Lipinski definition) is 3. The van der Waals surface area contributed by atoms with Crippen molar-refractivity contribution in [3.8, 4) is 0 Å². The van der Waals surface area contributed by atoms with E-state index in [4.69, 9.17) is 4.74 Å². The summed E-state index contributed by atoms with van der Waals surface area (Å²) < 4.78 is 5.47. The molecular formula is C21H24N2O3. The molecule has 0 bridgehead atoms. The third kappa shape index (κ3) is 4.29. The maximum atomic E-state index is 12.4. The quantitative estimate of drug-likeness (QED) is 0.868. The lowest BCUT2D eigenvalue weighted by atomic mass is 10.1. The van der Waals surface area contributed by atoms with Crippen molar-refractivity contribution < 1.29 is 14.3 Å². The lowest BCUT2D eigenvalue weighted by molar-refractivity contribution is -0.119. The van der Waals surface area contributed by atoms with Crippen LogP contribution in [0.3, 0.4) is 0 Å². The Kier molecular flexibility index (Phi) is 6.02. The largest absolute Gasteiger partial charge is 0.375 e. The molecule has 5 heteroatoms. The Morgan fingerprint density at radius 3 is 2.50 bits per heavy atom. The molecule has 2 aromatic carbocycles. The Morgan fingerprint density at radius 1 is 1.12 bits per heavy atom. The fourth-order valence-electron chi connectivity index (χ4n) is 3.16. The molecule has 0 spiro atoms. The number of nitrogens with one attached hydrogen (secondary N) is 1. The summed E-state index contributed by atoms with van der Waals surface area (Å²) in [6.07, 6.45) is 2.38. The highest BCUT2D eigenvalue weighted by molar-refractivity contribution is 5.96. The molecule has 0 saturated carbocycles. The van der Waals surface area contributed by atoms with Crippen molar-refractivity contribution in [3.05, 3.63) is 65.7 Å². The van der Waals surface area contributed by atoms with Gasteiger partial charge in [-0.1, -0.05) is 30.3 Å². The molecule has 0 radical (unpaired) electrons. The number of amides is 2. The van der Waals surface area contributed by atoms with E-state index in [2.05, 4.69) is 5.32 Å². The van der Waals surface area contributed by atoms with Crippen LogP contribution in [-0.2, 0) is 9.53 Å². The van der Waals surface area contributed by atoms with Crippen LogP contribution in [-0.4, -0.2) is 32.0 Å². The second-order valence-electron chi connectivity index (χ2n) is 6.39. The molecule has 1 unspecified atom stereocenters. The number of piperidine rings is 1. The molecule has 5 nitrogen and oxygen atoms in total. The first-order valence-electron chi connectivity index (χ1n) is 8.95. The number of rotatable bonds is 6. The molecule has 1 N–H and O–H groups in total. The average Bonchev–Trinajstić information content (AvgIpc) is 2.70. The summed E-state index contributed by atoms with van der Waals surface area (Å²) in [5.74, 6) is -0.00116. The van der Waals surface area contributed by atoms with Crippen LogP contribution in [0.15, 0.2) is 54.6 Å². The van der Waals surface area contributed by atoms with Gasteiger partial charge in [-0.15, -0.1) is 0 Å². The van der Waals surface area contributed by atoms with E-state index in [1.165, 1.54) is 0 Å². The highest BCUT2D eigenvalue weighted by Crippen LogP contribution is 2.21. The minimum absolute atomic E-state index is 0.152. The Hall–Kier alpha value is -2.66. The first kappa shape index (κ1) is 18.1. The van der Waals surface area contributed by atoms with E-state index in [0.717, 1.165) is 30.6 Å². The summed E-state index contributed by atoms with van der Waals surface area (Å²) in [6, 6.07) is 17.0. The normalized spacial score (nSPS) is 15.6. The molecule has 136 valence electrons. The van der Waals surface area contributed by atoms with E-state index >= 15 is 0 Å². The van der Waals surface area contributed by atoms with Crippen LogP contribution in [0.4, 0.5) is 5.69 Å². The van der Waals surface area contributed by atoms with Gasteiger partial charge in [0, 0.05) is 37.9 Å². The van der Waals surface area contributed by atoms with Crippen LogP contribution in [0.1, 0.15) is 41.3 Å². The molecule has 1 heterocycles. The number of anilines is 1. The minimum Gasteiger partial charge on any atom is -0.375 e. The van der Waals surface area contributed by atoms with Crippen molar-refractivity contribution in [1.82, 2.24) is 5.32 Å². The number of ether oxygens (including phenoxy) is 1. The molecule has 3 rings (SSSR count). The lowest BCUT2D eigenvalue weighted by Gasteiger charge is -2.26. The lowest BCUT2D eigenvalue weighted by Crippen LogP contribution is -2.35. The molecule has 1 atom stereocenters. The summed E-state index contributed by atoms with van der Waals surface area (Å²) in [5.41, 5.74) is 2.45. The molecule has 26 heavy (non-hydrogen) atoms. The standard InChI is InChI=1S/C21H24N2O3/c1-26-19(16-7-3-2-4-8-16)15-22-21(25)17-10-12-18(13-11-17)23-14-6-5-9-20(23)24/h2-4,7-8,10-13,19H,5-6,9,14-15H2,1H3,(H,22,25). The third-order valence-corrected chi connectivity index (χ3v) is 4.67. The van der Waals surface area contributed by atoms with Gasteiger partial charge in [-0.05, 0) is 42.7 Å². The van der Waals surface area contributed by atoms with E-state index < -0.39 is 0 Å². The molecule has 0 aromatic heterocycles. The van der Waals surface area contributed by atoms with E-state index in [0.29, 0.717) is 18.5 Å². The van der Waals surface area contributed by atoms with Crippen LogP contribution in [0.25, 0.3) is 0 Å². The molecule has 0 aliphatic carbocycles. The minimum atomic E-state index is -0.189. The second kappa shape index (κ2) is 8.63. The average molecular weight is 352 g/mol. The predicted octanol–water partition coefficient (Wildman–Crippen LogP) is 3.32. The summed E-state index contributed by atoms with van der Waals surface area (Å²) >= 11 is 0. The third-order valence-electron chi connectivity index (χ3n) is 4.67. The van der Waals surface area contributed by atoms with Gasteiger partial charge in [0.2, 0.25) is 5.91 Å². The number of nitrogens with zero attached hydrogens (tertiary/aromatic N) is 1. The zero-order valence-electron chi connectivity index (χ0n) is 15.0.